The van der Waals surface area contributed by atoms with E-state index in [1.54, 1.807) is 51.1 Å². The summed E-state index contributed by atoms with van der Waals surface area (Å²) in [5.41, 5.74) is 0.724. The van der Waals surface area contributed by atoms with Gasteiger partial charge in [0.25, 0.3) is 5.91 Å². The van der Waals surface area contributed by atoms with Gasteiger partial charge in [-0.15, -0.1) is 0 Å². The first-order valence-electron chi connectivity index (χ1n) is 12.8. The number of amides is 2. The van der Waals surface area contributed by atoms with Gasteiger partial charge in [-0.2, -0.15) is 13.2 Å². The number of rotatable bonds is 13. The molecule has 0 saturated heterocycles. The molecule has 0 heterocycles. The third-order valence-electron chi connectivity index (χ3n) is 5.82. The van der Waals surface area contributed by atoms with Crippen molar-refractivity contribution in [2.45, 2.75) is 75.8 Å². The first-order chi connectivity index (χ1) is 18.7. The molecule has 6 N–H and O–H groups in total. The highest BCUT2D eigenvalue weighted by Gasteiger charge is 2.44. The minimum atomic E-state index is -5.16. The van der Waals surface area contributed by atoms with E-state index in [0.29, 0.717) is 5.56 Å². The topological polar surface area (TPSA) is 140 Å². The van der Waals surface area contributed by atoms with Crippen molar-refractivity contribution in [3.63, 3.8) is 0 Å². The second-order valence-electron chi connectivity index (χ2n) is 10.5. The molecule has 5 atom stereocenters. The predicted octanol–water partition coefficient (Wildman–Crippen LogP) is 2.08. The molecule has 2 aromatic rings. The highest BCUT2D eigenvalue weighted by atomic mass is 19.4. The molecule has 0 radical (unpaired) electrons. The molecule has 0 bridgehead atoms. The van der Waals surface area contributed by atoms with E-state index in [9.17, 15) is 38.1 Å². The van der Waals surface area contributed by atoms with Crippen molar-refractivity contribution in [1.82, 2.24) is 16.0 Å². The lowest BCUT2D eigenvalue weighted by atomic mass is 9.99. The fourth-order valence-electron chi connectivity index (χ4n) is 3.84. The minimum absolute atomic E-state index is 0.0145. The van der Waals surface area contributed by atoms with Crippen LogP contribution >= 0.6 is 0 Å². The average molecular weight is 570 g/mol. The fourth-order valence-corrected chi connectivity index (χ4v) is 3.84. The molecule has 2 aromatic carbocycles. The Kier molecular flexibility index (Phi) is 12.4. The Morgan fingerprint density at radius 3 is 1.60 bits per heavy atom. The zero-order chi connectivity index (χ0) is 29.9. The third-order valence-corrected chi connectivity index (χ3v) is 5.82. The highest BCUT2D eigenvalue weighted by Crippen LogP contribution is 2.20. The van der Waals surface area contributed by atoms with Gasteiger partial charge in [-0.05, 0) is 44.7 Å². The Labute approximate surface area is 231 Å². The van der Waals surface area contributed by atoms with Crippen LogP contribution in [-0.2, 0) is 22.4 Å². The number of alkyl carbamates (subject to hydrolysis) is 1. The van der Waals surface area contributed by atoms with E-state index in [2.05, 4.69) is 16.0 Å². The number of hydrogen-bond acceptors (Lipinski definition) is 7. The third kappa shape index (κ3) is 11.9. The van der Waals surface area contributed by atoms with Gasteiger partial charge in [0.1, 0.15) is 5.60 Å². The molecular weight excluding hydrogens is 531 g/mol. The van der Waals surface area contributed by atoms with E-state index >= 15 is 0 Å². The number of aliphatic hydroxyl groups is 3. The number of hydrogen-bond donors (Lipinski definition) is 6. The van der Waals surface area contributed by atoms with E-state index in [4.69, 9.17) is 4.74 Å². The molecule has 2 rings (SSSR count). The van der Waals surface area contributed by atoms with Gasteiger partial charge in [-0.3, -0.25) is 4.79 Å². The lowest BCUT2D eigenvalue weighted by Crippen LogP contribution is -2.55. The van der Waals surface area contributed by atoms with Gasteiger partial charge in [0.05, 0.1) is 24.3 Å². The average Bonchev–Trinajstić information content (AvgIpc) is 2.86. The Hall–Kier alpha value is -3.19. The number of nitrogens with one attached hydrogen (secondary N) is 3. The van der Waals surface area contributed by atoms with Crippen LogP contribution in [0.15, 0.2) is 60.7 Å². The first kappa shape index (κ1) is 33.0. The Balaban J connectivity index is 2.06. The zero-order valence-corrected chi connectivity index (χ0v) is 22.7. The highest BCUT2D eigenvalue weighted by molar-refractivity contribution is 5.81. The van der Waals surface area contributed by atoms with Crippen molar-refractivity contribution in [3.8, 4) is 0 Å². The molecule has 9 nitrogen and oxygen atoms in total. The molecule has 0 aliphatic carbocycles. The largest absolute Gasteiger partial charge is 0.444 e. The number of alkyl halides is 3. The summed E-state index contributed by atoms with van der Waals surface area (Å²) in [6.45, 7) is 4.78. The number of aliphatic hydroxyl groups excluding tert-OH is 3. The lowest BCUT2D eigenvalue weighted by Gasteiger charge is -2.29. The summed E-state index contributed by atoms with van der Waals surface area (Å²) in [7, 11) is 0. The molecule has 0 aromatic heterocycles. The van der Waals surface area contributed by atoms with E-state index < -0.39 is 54.2 Å². The van der Waals surface area contributed by atoms with Crippen molar-refractivity contribution >= 4 is 12.0 Å². The molecule has 222 valence electrons. The van der Waals surface area contributed by atoms with Gasteiger partial charge in [-0.25, -0.2) is 4.79 Å². The van der Waals surface area contributed by atoms with Gasteiger partial charge in [-0.1, -0.05) is 60.7 Å². The predicted molar refractivity (Wildman–Crippen MR) is 142 cm³/mol. The normalized spacial score (nSPS) is 15.8. The zero-order valence-electron chi connectivity index (χ0n) is 22.7. The number of benzene rings is 2. The number of carbonyl (C=O) groups excluding carboxylic acids is 2. The minimum Gasteiger partial charge on any atom is -0.444 e. The summed E-state index contributed by atoms with van der Waals surface area (Å²) in [5.74, 6) is -1.68. The SMILES string of the molecule is CC(C)(C)OC(=O)N[C@@H](Cc1ccccc1)[C@H](O)CNCC(O)[C@H](Cc1ccccc1)NC(=O)C(O)C(F)(F)F. The maximum absolute atomic E-state index is 12.8. The van der Waals surface area contributed by atoms with Crippen LogP contribution in [0.4, 0.5) is 18.0 Å². The van der Waals surface area contributed by atoms with Crippen molar-refractivity contribution in [2.75, 3.05) is 13.1 Å². The molecule has 2 amide bonds. The van der Waals surface area contributed by atoms with Gasteiger partial charge in [0.2, 0.25) is 6.10 Å². The van der Waals surface area contributed by atoms with Crippen LogP contribution in [0.2, 0.25) is 0 Å². The summed E-state index contributed by atoms with van der Waals surface area (Å²) in [4.78, 5) is 24.4. The van der Waals surface area contributed by atoms with Crippen LogP contribution in [-0.4, -0.2) is 82.6 Å². The first-order valence-corrected chi connectivity index (χ1v) is 12.8. The summed E-state index contributed by atoms with van der Waals surface area (Å²) in [5, 5.41) is 38.5. The standard InChI is InChI=1S/C28H38F3N3O6/c1-27(2,3)40-26(39)34-21(15-19-12-8-5-9-13-19)23(36)17-32-16-22(35)20(14-18-10-6-4-7-11-18)33-25(38)24(37)28(29,30)31/h4-13,20-24,32,35-37H,14-17H2,1-3H3,(H,33,38)(H,34,39)/t20-,21-,22?,23+,24?/m0/s1. The maximum atomic E-state index is 12.8. The van der Waals surface area contributed by atoms with E-state index in [-0.39, 0.29) is 25.9 Å². The number of carbonyl (C=O) groups is 2. The lowest BCUT2D eigenvalue weighted by molar-refractivity contribution is -0.205. The van der Waals surface area contributed by atoms with Gasteiger partial charge >= 0.3 is 12.3 Å². The number of halogens is 3. The molecule has 12 heteroatoms. The van der Waals surface area contributed by atoms with E-state index in [0.717, 1.165) is 5.56 Å². The Bertz CT molecular complexity index is 1050. The van der Waals surface area contributed by atoms with Gasteiger partial charge < -0.3 is 36.0 Å². The fraction of sp³-hybridized carbons (Fsp3) is 0.500. The summed E-state index contributed by atoms with van der Waals surface area (Å²) >= 11 is 0. The van der Waals surface area contributed by atoms with Crippen molar-refractivity contribution in [3.05, 3.63) is 71.8 Å². The maximum Gasteiger partial charge on any atom is 0.423 e. The van der Waals surface area contributed by atoms with Crippen molar-refractivity contribution < 1.29 is 42.8 Å². The van der Waals surface area contributed by atoms with Crippen molar-refractivity contribution in [2.24, 2.45) is 0 Å². The quantitative estimate of drug-likeness (QED) is 0.217. The van der Waals surface area contributed by atoms with Crippen LogP contribution in [0.5, 0.6) is 0 Å². The van der Waals surface area contributed by atoms with Crippen LogP contribution in [0.3, 0.4) is 0 Å². The molecule has 0 aliphatic heterocycles. The second kappa shape index (κ2) is 15.0. The smallest absolute Gasteiger partial charge is 0.423 e. The molecule has 0 fully saturated rings. The van der Waals surface area contributed by atoms with Crippen LogP contribution < -0.4 is 16.0 Å². The Morgan fingerprint density at radius 1 is 0.775 bits per heavy atom. The molecule has 0 saturated carbocycles. The van der Waals surface area contributed by atoms with E-state index in [1.807, 2.05) is 30.3 Å². The van der Waals surface area contributed by atoms with Gasteiger partial charge in [0, 0.05) is 13.1 Å². The van der Waals surface area contributed by atoms with Crippen LogP contribution in [0, 0.1) is 0 Å². The van der Waals surface area contributed by atoms with Crippen LogP contribution in [0.1, 0.15) is 31.9 Å². The second-order valence-corrected chi connectivity index (χ2v) is 10.5. The number of ether oxygens (including phenoxy) is 1. The van der Waals surface area contributed by atoms with Gasteiger partial charge in [0.15, 0.2) is 0 Å². The molecule has 40 heavy (non-hydrogen) atoms. The Morgan fingerprint density at radius 2 is 1.20 bits per heavy atom. The summed E-state index contributed by atoms with van der Waals surface area (Å²) in [6, 6.07) is 15.7. The van der Waals surface area contributed by atoms with Crippen LogP contribution in [0.25, 0.3) is 0 Å². The van der Waals surface area contributed by atoms with E-state index in [1.165, 1.54) is 0 Å². The monoisotopic (exact) mass is 569 g/mol. The molecular formula is C28H38F3N3O6. The van der Waals surface area contributed by atoms with Crippen molar-refractivity contribution in [1.29, 1.82) is 0 Å². The molecule has 0 aliphatic rings. The molecule has 0 spiro atoms. The molecule has 2 unspecified atom stereocenters. The summed E-state index contributed by atoms with van der Waals surface area (Å²) < 4.78 is 43.8. The summed E-state index contributed by atoms with van der Waals surface area (Å²) in [6.07, 6.45) is -11.4.